The molecule has 16 heavy (non-hydrogen) atoms. The summed E-state index contributed by atoms with van der Waals surface area (Å²) in [5.74, 6) is -0.178. The van der Waals surface area contributed by atoms with Gasteiger partial charge in [-0.1, -0.05) is 6.92 Å². The molecule has 0 radical (unpaired) electrons. The average molecular weight is 233 g/mol. The van der Waals surface area contributed by atoms with Crippen LogP contribution in [-0.2, 0) is 13.0 Å². The highest BCUT2D eigenvalue weighted by molar-refractivity contribution is 5.02. The van der Waals surface area contributed by atoms with Gasteiger partial charge in [-0.05, 0) is 19.0 Å². The Labute approximate surface area is 92.1 Å². The molecule has 1 N–H and O–H groups in total. The molecular weight excluding hydrogens is 219 g/mol. The van der Waals surface area contributed by atoms with Crippen LogP contribution in [0.15, 0.2) is 12.3 Å². The molecule has 0 amide bonds. The van der Waals surface area contributed by atoms with Crippen molar-refractivity contribution in [2.24, 2.45) is 0 Å². The highest BCUT2D eigenvalue weighted by Crippen LogP contribution is 2.18. The van der Waals surface area contributed by atoms with Crippen molar-refractivity contribution in [1.29, 1.82) is 0 Å². The average Bonchev–Trinajstić information content (AvgIpc) is 2.16. The van der Waals surface area contributed by atoms with Crippen LogP contribution in [0, 0.1) is 0 Å². The number of nitrogens with zero attached hydrogens (tertiary/aromatic N) is 2. The maximum absolute atomic E-state index is 12.1. The van der Waals surface area contributed by atoms with Crippen LogP contribution >= 0.6 is 0 Å². The molecule has 0 saturated carbocycles. The van der Waals surface area contributed by atoms with Crippen molar-refractivity contribution in [2.45, 2.75) is 32.5 Å². The molecule has 90 valence electrons. The van der Waals surface area contributed by atoms with E-state index in [-0.39, 0.29) is 5.82 Å². The van der Waals surface area contributed by atoms with E-state index < -0.39 is 12.6 Å². The fraction of sp³-hybridized carbons (Fsp3) is 0.600. The minimum Gasteiger partial charge on any atom is -0.311 e. The molecule has 1 heterocycles. The van der Waals surface area contributed by atoms with Gasteiger partial charge in [0.2, 0.25) is 0 Å². The second-order valence-corrected chi connectivity index (χ2v) is 3.43. The Hall–Kier alpha value is -1.17. The van der Waals surface area contributed by atoms with Crippen LogP contribution in [0.25, 0.3) is 0 Å². The lowest BCUT2D eigenvalue weighted by Gasteiger charge is -2.07. The molecule has 0 aliphatic rings. The van der Waals surface area contributed by atoms with Crippen molar-refractivity contribution in [2.75, 3.05) is 6.54 Å². The molecule has 6 heteroatoms. The summed E-state index contributed by atoms with van der Waals surface area (Å²) in [6, 6.07) is 1.61. The molecule has 3 nitrogen and oxygen atoms in total. The molecule has 1 aromatic rings. The van der Waals surface area contributed by atoms with Crippen molar-refractivity contribution in [3.63, 3.8) is 0 Å². The first-order valence-corrected chi connectivity index (χ1v) is 5.09. The van der Waals surface area contributed by atoms with Gasteiger partial charge < -0.3 is 5.32 Å². The van der Waals surface area contributed by atoms with E-state index in [1.54, 1.807) is 6.07 Å². The van der Waals surface area contributed by atoms with E-state index in [4.69, 9.17) is 0 Å². The van der Waals surface area contributed by atoms with Gasteiger partial charge in [0.05, 0.1) is 5.69 Å². The molecule has 0 aromatic carbocycles. The van der Waals surface area contributed by atoms with Gasteiger partial charge in [-0.15, -0.1) is 0 Å². The van der Waals surface area contributed by atoms with Crippen molar-refractivity contribution in [1.82, 2.24) is 15.3 Å². The normalized spacial score (nSPS) is 11.8. The van der Waals surface area contributed by atoms with Gasteiger partial charge in [-0.25, -0.2) is 9.97 Å². The topological polar surface area (TPSA) is 37.8 Å². The second kappa shape index (κ2) is 5.79. The first-order chi connectivity index (χ1) is 7.51. The zero-order valence-electron chi connectivity index (χ0n) is 9.01. The Kier molecular flexibility index (Phi) is 4.67. The Bertz CT molecular complexity index is 325. The minimum absolute atomic E-state index is 0.178. The lowest BCUT2D eigenvalue weighted by molar-refractivity contribution is -0.128. The highest BCUT2D eigenvalue weighted by Gasteiger charge is 2.29. The molecule has 0 unspecified atom stereocenters. The Morgan fingerprint density at radius 2 is 2.12 bits per heavy atom. The quantitative estimate of drug-likeness (QED) is 0.791. The third-order valence-electron chi connectivity index (χ3n) is 1.85. The van der Waals surface area contributed by atoms with E-state index in [1.165, 1.54) is 6.20 Å². The summed E-state index contributed by atoms with van der Waals surface area (Å²) in [6.07, 6.45) is -3.00. The summed E-state index contributed by atoms with van der Waals surface area (Å²) in [5, 5.41) is 3.07. The summed E-state index contributed by atoms with van der Waals surface area (Å²) >= 11 is 0. The number of halogens is 3. The predicted octanol–water partition coefficient (Wildman–Crippen LogP) is 2.08. The highest BCUT2D eigenvalue weighted by atomic mass is 19.4. The van der Waals surface area contributed by atoms with Gasteiger partial charge in [-0.3, -0.25) is 0 Å². The Balaban J connectivity index is 2.57. The molecule has 0 bridgehead atoms. The Morgan fingerprint density at radius 1 is 1.38 bits per heavy atom. The van der Waals surface area contributed by atoms with Gasteiger partial charge >= 0.3 is 6.18 Å². The van der Waals surface area contributed by atoms with Crippen LogP contribution in [0.3, 0.4) is 0 Å². The van der Waals surface area contributed by atoms with Crippen LogP contribution in [0.4, 0.5) is 13.2 Å². The zero-order chi connectivity index (χ0) is 12.0. The van der Waals surface area contributed by atoms with Crippen LogP contribution in [-0.4, -0.2) is 22.7 Å². The maximum atomic E-state index is 12.1. The van der Waals surface area contributed by atoms with E-state index in [0.717, 1.165) is 13.0 Å². The number of nitrogens with one attached hydrogen (secondary N) is 1. The fourth-order valence-corrected chi connectivity index (χ4v) is 1.20. The standard InChI is InChI=1S/C10H14F3N3/c1-2-4-14-7-8-3-5-15-9(16-8)6-10(11,12)13/h3,5,14H,2,4,6-7H2,1H3. The molecule has 1 rings (SSSR count). The van der Waals surface area contributed by atoms with Gasteiger partial charge in [0, 0.05) is 12.7 Å². The van der Waals surface area contributed by atoms with Gasteiger partial charge in [0.15, 0.2) is 0 Å². The number of hydrogen-bond acceptors (Lipinski definition) is 3. The molecule has 0 fully saturated rings. The summed E-state index contributed by atoms with van der Waals surface area (Å²) < 4.78 is 36.3. The van der Waals surface area contributed by atoms with Crippen LogP contribution in [0.1, 0.15) is 24.9 Å². The van der Waals surface area contributed by atoms with Gasteiger partial charge in [0.1, 0.15) is 12.2 Å². The van der Waals surface area contributed by atoms with Crippen molar-refractivity contribution in [3.05, 3.63) is 23.8 Å². The summed E-state index contributed by atoms with van der Waals surface area (Å²) in [7, 11) is 0. The van der Waals surface area contributed by atoms with E-state index in [2.05, 4.69) is 15.3 Å². The number of rotatable bonds is 5. The van der Waals surface area contributed by atoms with E-state index in [9.17, 15) is 13.2 Å². The number of hydrogen-bond donors (Lipinski definition) is 1. The molecule has 0 aliphatic heterocycles. The zero-order valence-corrected chi connectivity index (χ0v) is 9.01. The van der Waals surface area contributed by atoms with Crippen LogP contribution < -0.4 is 5.32 Å². The molecule has 1 aromatic heterocycles. The summed E-state index contributed by atoms with van der Waals surface area (Å²) in [5.41, 5.74) is 0.586. The largest absolute Gasteiger partial charge is 0.396 e. The van der Waals surface area contributed by atoms with Crippen LogP contribution in [0.2, 0.25) is 0 Å². The number of alkyl halides is 3. The predicted molar refractivity (Wildman–Crippen MR) is 53.8 cm³/mol. The van der Waals surface area contributed by atoms with Crippen LogP contribution in [0.5, 0.6) is 0 Å². The van der Waals surface area contributed by atoms with Crippen molar-refractivity contribution >= 4 is 0 Å². The molecule has 0 aliphatic carbocycles. The lowest BCUT2D eigenvalue weighted by Crippen LogP contribution is -2.18. The molecule has 0 spiro atoms. The molecular formula is C10H14F3N3. The third-order valence-corrected chi connectivity index (χ3v) is 1.85. The fourth-order valence-electron chi connectivity index (χ4n) is 1.20. The monoisotopic (exact) mass is 233 g/mol. The molecule has 0 atom stereocenters. The Morgan fingerprint density at radius 3 is 2.75 bits per heavy atom. The molecule has 0 saturated heterocycles. The maximum Gasteiger partial charge on any atom is 0.396 e. The minimum atomic E-state index is -4.25. The first kappa shape index (κ1) is 12.9. The SMILES string of the molecule is CCCNCc1ccnc(CC(F)(F)F)n1. The first-order valence-electron chi connectivity index (χ1n) is 5.09. The van der Waals surface area contributed by atoms with E-state index >= 15 is 0 Å². The lowest BCUT2D eigenvalue weighted by atomic mass is 10.3. The smallest absolute Gasteiger partial charge is 0.311 e. The number of aromatic nitrogens is 2. The summed E-state index contributed by atoms with van der Waals surface area (Å²) in [4.78, 5) is 7.43. The van der Waals surface area contributed by atoms with E-state index in [0.29, 0.717) is 12.2 Å². The van der Waals surface area contributed by atoms with Gasteiger partial charge in [0.25, 0.3) is 0 Å². The third kappa shape index (κ3) is 5.06. The second-order valence-electron chi connectivity index (χ2n) is 3.43. The van der Waals surface area contributed by atoms with Crippen molar-refractivity contribution < 1.29 is 13.2 Å². The summed E-state index contributed by atoms with van der Waals surface area (Å²) in [6.45, 7) is 3.31. The van der Waals surface area contributed by atoms with Gasteiger partial charge in [-0.2, -0.15) is 13.2 Å². The van der Waals surface area contributed by atoms with Crippen molar-refractivity contribution in [3.8, 4) is 0 Å². The van der Waals surface area contributed by atoms with E-state index in [1.807, 2.05) is 6.92 Å².